The van der Waals surface area contributed by atoms with Crippen molar-refractivity contribution in [2.75, 3.05) is 9.80 Å². The van der Waals surface area contributed by atoms with Crippen LogP contribution < -0.4 is 9.80 Å². The number of hydrogen-bond donors (Lipinski definition) is 0. The Morgan fingerprint density at radius 2 is 1.23 bits per heavy atom. The normalized spacial score (nSPS) is 23.4. The molecule has 0 spiro atoms. The van der Waals surface area contributed by atoms with Gasteiger partial charge in [-0.15, -0.1) is 0 Å². The van der Waals surface area contributed by atoms with Crippen molar-refractivity contribution in [3.63, 3.8) is 0 Å². The third-order valence-corrected chi connectivity index (χ3v) is 4.70. The number of rotatable bonds is 3. The SMILES string of the molecule is [2H]c1c(C)c(N2C=CN(c3c(C([2H])([2H])[2H])c([2H])c(Cl)c([2H])c3C([2H])([2H])[2H])C2C(C)C)c(C)c([2H])c1Cl. The van der Waals surface area contributed by atoms with E-state index in [1.807, 2.05) is 13.8 Å². The Hall–Kier alpha value is -1.64. The highest BCUT2D eigenvalue weighted by molar-refractivity contribution is 6.31. The van der Waals surface area contributed by atoms with Crippen LogP contribution in [-0.4, -0.2) is 6.17 Å². The van der Waals surface area contributed by atoms with Crippen LogP contribution in [-0.2, 0) is 0 Å². The third-order valence-electron chi connectivity index (χ3n) is 4.32. The number of hydrogen-bond acceptors (Lipinski definition) is 2. The molecular formula is C22H26Cl2N2. The van der Waals surface area contributed by atoms with Gasteiger partial charge in [-0.25, -0.2) is 0 Å². The minimum Gasteiger partial charge on any atom is -0.325 e. The van der Waals surface area contributed by atoms with Crippen molar-refractivity contribution < 1.29 is 13.7 Å². The minimum absolute atomic E-state index is 0.0136. The third kappa shape index (κ3) is 3.33. The first kappa shape index (κ1) is 10.1. The molecule has 0 N–H and O–H groups in total. The van der Waals surface area contributed by atoms with Gasteiger partial charge in [0.2, 0.25) is 0 Å². The van der Waals surface area contributed by atoms with Crippen LogP contribution >= 0.6 is 23.2 Å². The monoisotopic (exact) mass is 398 g/mol. The molecule has 0 fully saturated rings. The average Bonchev–Trinajstić information content (AvgIpc) is 3.17. The molecule has 1 aliphatic heterocycles. The second kappa shape index (κ2) is 7.17. The summed E-state index contributed by atoms with van der Waals surface area (Å²) in [6.45, 7) is 1.29. The van der Waals surface area contributed by atoms with Gasteiger partial charge in [-0.3, -0.25) is 0 Å². The van der Waals surface area contributed by atoms with Gasteiger partial charge in [-0.2, -0.15) is 0 Å². The average molecular weight is 399 g/mol. The maximum atomic E-state index is 8.41. The van der Waals surface area contributed by atoms with Gasteiger partial charge >= 0.3 is 0 Å². The number of benzene rings is 2. The van der Waals surface area contributed by atoms with Gasteiger partial charge in [0.25, 0.3) is 0 Å². The van der Waals surface area contributed by atoms with Crippen LogP contribution in [0.5, 0.6) is 0 Å². The lowest BCUT2D eigenvalue weighted by atomic mass is 10.0. The largest absolute Gasteiger partial charge is 0.325 e. The Kier molecular flexibility index (Phi) is 2.77. The van der Waals surface area contributed by atoms with Crippen LogP contribution in [0.4, 0.5) is 11.4 Å². The van der Waals surface area contributed by atoms with Gasteiger partial charge in [0, 0.05) is 42.0 Å². The summed E-state index contributed by atoms with van der Waals surface area (Å²) < 4.78 is 82.2. The Morgan fingerprint density at radius 1 is 0.846 bits per heavy atom. The standard InChI is InChI=1S/C22H26Cl2N2/c1-13(2)22-25(20-14(3)9-18(23)10-15(20)4)7-8-26(22)21-16(5)11-19(24)12-17(21)6/h7-13,22H,1-6H3/i3D3,4D3,9D,10D,11D,12D. The van der Waals surface area contributed by atoms with E-state index in [2.05, 4.69) is 0 Å². The molecule has 0 bridgehead atoms. The maximum absolute atomic E-state index is 8.41. The van der Waals surface area contributed by atoms with E-state index in [1.54, 1.807) is 24.9 Å². The van der Waals surface area contributed by atoms with Gasteiger partial charge in [-0.1, -0.05) is 37.0 Å². The predicted octanol–water partition coefficient (Wildman–Crippen LogP) is 7.01. The molecule has 0 amide bonds. The highest BCUT2D eigenvalue weighted by Crippen LogP contribution is 2.39. The molecule has 26 heavy (non-hydrogen) atoms. The number of nitrogens with zero attached hydrogens (tertiary/aromatic N) is 2. The van der Waals surface area contributed by atoms with Crippen LogP contribution in [0.2, 0.25) is 10.0 Å². The molecule has 1 heterocycles. The van der Waals surface area contributed by atoms with Crippen LogP contribution in [0.25, 0.3) is 0 Å². The van der Waals surface area contributed by atoms with E-state index in [-0.39, 0.29) is 28.7 Å². The quantitative estimate of drug-likeness (QED) is 0.548. The molecule has 0 radical (unpaired) electrons. The molecule has 0 aliphatic carbocycles. The second-order valence-corrected chi connectivity index (χ2v) is 7.35. The Labute approximate surface area is 181 Å². The van der Waals surface area contributed by atoms with Crippen LogP contribution in [0, 0.1) is 33.5 Å². The van der Waals surface area contributed by atoms with E-state index in [0.717, 1.165) is 0 Å². The highest BCUT2D eigenvalue weighted by Gasteiger charge is 2.33. The Bertz CT molecular complexity index is 1180. The second-order valence-electron chi connectivity index (χ2n) is 6.60. The highest BCUT2D eigenvalue weighted by atomic mass is 35.5. The van der Waals surface area contributed by atoms with Crippen molar-refractivity contribution in [1.82, 2.24) is 0 Å². The van der Waals surface area contributed by atoms with Gasteiger partial charge in [-0.05, 0) is 79.9 Å². The van der Waals surface area contributed by atoms with E-state index < -0.39 is 48.1 Å². The van der Waals surface area contributed by atoms with E-state index in [4.69, 9.17) is 36.9 Å². The van der Waals surface area contributed by atoms with E-state index >= 15 is 0 Å². The van der Waals surface area contributed by atoms with E-state index in [1.165, 1.54) is 11.1 Å². The zero-order valence-electron chi connectivity index (χ0n) is 25.0. The van der Waals surface area contributed by atoms with Gasteiger partial charge in [0.1, 0.15) is 6.17 Å². The fraction of sp³-hybridized carbons (Fsp3) is 0.364. The fourth-order valence-corrected chi connectivity index (χ4v) is 3.88. The first-order valence-electron chi connectivity index (χ1n) is 13.2. The molecule has 138 valence electrons. The molecule has 1 aliphatic rings. The predicted molar refractivity (Wildman–Crippen MR) is 115 cm³/mol. The molecule has 4 heteroatoms. The summed E-state index contributed by atoms with van der Waals surface area (Å²) in [5.41, 5.74) is 0.113. The summed E-state index contributed by atoms with van der Waals surface area (Å²) in [5.74, 6) is -0.245. The summed E-state index contributed by atoms with van der Waals surface area (Å²) in [6, 6.07) is -1.28. The summed E-state index contributed by atoms with van der Waals surface area (Å²) >= 11 is 12.3. The molecule has 1 atom stereocenters. The maximum Gasteiger partial charge on any atom is 0.112 e. The first-order chi connectivity index (χ1) is 16.3. The van der Waals surface area contributed by atoms with Crippen molar-refractivity contribution in [3.8, 4) is 0 Å². The Balaban J connectivity index is 2.41. The first-order valence-corrected chi connectivity index (χ1v) is 8.94. The zero-order chi connectivity index (χ0) is 27.7. The lowest BCUT2D eigenvalue weighted by Crippen LogP contribution is -2.43. The molecule has 1 unspecified atom stereocenters. The lowest BCUT2D eigenvalue weighted by molar-refractivity contribution is 0.499. The van der Waals surface area contributed by atoms with Crippen molar-refractivity contribution in [2.24, 2.45) is 5.92 Å². The topological polar surface area (TPSA) is 6.48 Å². The van der Waals surface area contributed by atoms with E-state index in [9.17, 15) is 0 Å². The lowest BCUT2D eigenvalue weighted by Gasteiger charge is -2.38. The van der Waals surface area contributed by atoms with Crippen molar-refractivity contribution in [3.05, 3.63) is 68.9 Å². The van der Waals surface area contributed by atoms with Crippen molar-refractivity contribution in [2.45, 2.75) is 47.6 Å². The molecule has 2 aromatic carbocycles. The Morgan fingerprint density at radius 3 is 1.62 bits per heavy atom. The molecule has 2 aromatic rings. The number of anilines is 2. The number of halogens is 2. The summed E-state index contributed by atoms with van der Waals surface area (Å²) in [5, 5.41) is -0.529. The van der Waals surface area contributed by atoms with Crippen LogP contribution in [0.15, 0.2) is 36.6 Å². The van der Waals surface area contributed by atoms with Gasteiger partial charge in [0.15, 0.2) is 0 Å². The zero-order valence-corrected chi connectivity index (χ0v) is 16.5. The van der Waals surface area contributed by atoms with Crippen molar-refractivity contribution in [1.29, 1.82) is 0 Å². The molecule has 3 rings (SSSR count). The smallest absolute Gasteiger partial charge is 0.112 e. The van der Waals surface area contributed by atoms with E-state index in [0.29, 0.717) is 16.8 Å². The molecule has 0 saturated carbocycles. The molecular weight excluding hydrogens is 363 g/mol. The molecule has 0 saturated heterocycles. The summed E-state index contributed by atoms with van der Waals surface area (Å²) in [7, 11) is 0. The molecule has 0 aromatic heterocycles. The molecule has 2 nitrogen and oxygen atoms in total. The van der Waals surface area contributed by atoms with Crippen LogP contribution in [0.3, 0.4) is 0 Å². The van der Waals surface area contributed by atoms with Crippen LogP contribution in [0.1, 0.15) is 49.8 Å². The fourth-order valence-electron chi connectivity index (χ4n) is 3.41. The minimum atomic E-state index is -2.90. The van der Waals surface area contributed by atoms with Gasteiger partial charge < -0.3 is 9.80 Å². The summed E-state index contributed by atoms with van der Waals surface area (Å²) in [6.07, 6.45) is 2.41. The van der Waals surface area contributed by atoms with Gasteiger partial charge in [0.05, 0.1) is 5.48 Å². The van der Waals surface area contributed by atoms with Crippen molar-refractivity contribution >= 4 is 34.6 Å². The summed E-state index contributed by atoms with van der Waals surface area (Å²) in [4.78, 5) is 3.19.